The maximum atomic E-state index is 13.3. The van der Waals surface area contributed by atoms with E-state index in [0.717, 1.165) is 18.4 Å². The lowest BCUT2D eigenvalue weighted by atomic mass is 9.97. The third kappa shape index (κ3) is 1.58. The Hall–Kier alpha value is -2.15. The lowest BCUT2D eigenvalue weighted by Gasteiger charge is -2.07. The third-order valence-corrected chi connectivity index (χ3v) is 4.00. The van der Waals surface area contributed by atoms with E-state index in [1.807, 2.05) is 12.1 Å². The minimum Gasteiger partial charge on any atom is -0.207 e. The molecule has 0 amide bonds. The molecule has 0 spiro atoms. The molecule has 0 saturated carbocycles. The largest absolute Gasteiger partial charge is 0.207 e. The van der Waals surface area contributed by atoms with Crippen molar-refractivity contribution in [3.05, 3.63) is 76.6 Å². The monoisotopic (exact) mass is 248 g/mol. The van der Waals surface area contributed by atoms with Gasteiger partial charge in [-0.3, -0.25) is 0 Å². The van der Waals surface area contributed by atoms with Gasteiger partial charge in [0.25, 0.3) is 0 Å². The lowest BCUT2D eigenvalue weighted by molar-refractivity contribution is 0.627. The van der Waals surface area contributed by atoms with E-state index < -0.39 is 0 Å². The van der Waals surface area contributed by atoms with E-state index in [9.17, 15) is 4.39 Å². The van der Waals surface area contributed by atoms with Crippen LogP contribution in [-0.2, 0) is 0 Å². The molecule has 2 aliphatic carbocycles. The molecule has 2 aliphatic rings. The molecular formula is C18H13F. The molecule has 4 rings (SSSR count). The molecule has 1 heteroatoms. The Kier molecular flexibility index (Phi) is 2.22. The summed E-state index contributed by atoms with van der Waals surface area (Å²) in [7, 11) is 0. The van der Waals surface area contributed by atoms with Crippen molar-refractivity contribution < 1.29 is 4.39 Å². The highest BCUT2D eigenvalue weighted by atomic mass is 19.1. The second-order valence-electron chi connectivity index (χ2n) is 5.12. The van der Waals surface area contributed by atoms with Gasteiger partial charge in [-0.2, -0.15) is 0 Å². The molecule has 92 valence electrons. The first-order valence-corrected chi connectivity index (χ1v) is 6.62. The maximum Gasteiger partial charge on any atom is 0.123 e. The standard InChI is InChI=1S/C18H13F/c19-15-7-9-17-14(11-15)10-13-6-8-16(18(13)17)12-4-2-1-3-5-12/h1-5,7,9-11H,6,8H2. The van der Waals surface area contributed by atoms with Crippen LogP contribution in [0, 0.1) is 5.82 Å². The van der Waals surface area contributed by atoms with E-state index in [0.29, 0.717) is 0 Å². The highest BCUT2D eigenvalue weighted by Crippen LogP contribution is 2.49. The summed E-state index contributed by atoms with van der Waals surface area (Å²) in [6.07, 6.45) is 4.29. The van der Waals surface area contributed by atoms with Crippen LogP contribution >= 0.6 is 0 Å². The molecule has 0 aliphatic heterocycles. The number of hydrogen-bond acceptors (Lipinski definition) is 0. The van der Waals surface area contributed by atoms with E-state index in [-0.39, 0.29) is 5.82 Å². The minimum atomic E-state index is -0.155. The average Bonchev–Trinajstić information content (AvgIpc) is 2.97. The van der Waals surface area contributed by atoms with Crippen molar-refractivity contribution in [2.24, 2.45) is 0 Å². The summed E-state index contributed by atoms with van der Waals surface area (Å²) in [5, 5.41) is 0. The van der Waals surface area contributed by atoms with Crippen molar-refractivity contribution in [1.82, 2.24) is 0 Å². The van der Waals surface area contributed by atoms with Crippen molar-refractivity contribution in [3.8, 4) is 0 Å². The van der Waals surface area contributed by atoms with Crippen LogP contribution in [0.1, 0.15) is 29.5 Å². The number of halogens is 1. The lowest BCUT2D eigenvalue weighted by Crippen LogP contribution is -1.87. The quantitative estimate of drug-likeness (QED) is 0.671. The maximum absolute atomic E-state index is 13.3. The van der Waals surface area contributed by atoms with Gasteiger partial charge in [-0.05, 0) is 58.4 Å². The third-order valence-electron chi connectivity index (χ3n) is 4.00. The number of allylic oxidation sites excluding steroid dienone is 3. The van der Waals surface area contributed by atoms with Gasteiger partial charge in [0.15, 0.2) is 0 Å². The van der Waals surface area contributed by atoms with Crippen LogP contribution in [0.15, 0.2) is 54.1 Å². The molecule has 0 fully saturated rings. The Morgan fingerprint density at radius 1 is 0.895 bits per heavy atom. The SMILES string of the molecule is Fc1ccc2c(c1)C=C1CCC(c3ccccc3)=C12. The predicted octanol–water partition coefficient (Wildman–Crippen LogP) is 4.93. The Balaban J connectivity index is 1.94. The number of rotatable bonds is 1. The van der Waals surface area contributed by atoms with Crippen LogP contribution < -0.4 is 0 Å². The number of hydrogen-bond donors (Lipinski definition) is 0. The topological polar surface area (TPSA) is 0 Å². The van der Waals surface area contributed by atoms with E-state index in [1.165, 1.54) is 27.8 Å². The first-order valence-electron chi connectivity index (χ1n) is 6.62. The van der Waals surface area contributed by atoms with Crippen molar-refractivity contribution in [2.75, 3.05) is 0 Å². The summed E-state index contributed by atoms with van der Waals surface area (Å²) in [5.41, 5.74) is 7.60. The molecule has 0 nitrogen and oxygen atoms in total. The molecule has 0 heterocycles. The van der Waals surface area contributed by atoms with Crippen molar-refractivity contribution in [1.29, 1.82) is 0 Å². The molecule has 2 aromatic rings. The van der Waals surface area contributed by atoms with Crippen LogP contribution in [0.5, 0.6) is 0 Å². The van der Waals surface area contributed by atoms with E-state index >= 15 is 0 Å². The van der Waals surface area contributed by atoms with E-state index in [1.54, 1.807) is 12.1 Å². The van der Waals surface area contributed by atoms with Gasteiger partial charge in [0, 0.05) is 0 Å². The highest BCUT2D eigenvalue weighted by molar-refractivity contribution is 6.08. The van der Waals surface area contributed by atoms with Gasteiger partial charge in [-0.15, -0.1) is 0 Å². The van der Waals surface area contributed by atoms with Crippen LogP contribution in [-0.4, -0.2) is 0 Å². The van der Waals surface area contributed by atoms with Crippen molar-refractivity contribution >= 4 is 17.2 Å². The second-order valence-corrected chi connectivity index (χ2v) is 5.12. The molecule has 0 unspecified atom stereocenters. The molecule has 0 N–H and O–H groups in total. The molecule has 0 bridgehead atoms. The minimum absolute atomic E-state index is 0.155. The van der Waals surface area contributed by atoms with Gasteiger partial charge in [0.2, 0.25) is 0 Å². The van der Waals surface area contributed by atoms with Crippen LogP contribution in [0.4, 0.5) is 4.39 Å². The summed E-state index contributed by atoms with van der Waals surface area (Å²) in [6.45, 7) is 0. The summed E-state index contributed by atoms with van der Waals surface area (Å²) in [4.78, 5) is 0. The van der Waals surface area contributed by atoms with Gasteiger partial charge in [-0.25, -0.2) is 4.39 Å². The summed E-state index contributed by atoms with van der Waals surface area (Å²) >= 11 is 0. The summed E-state index contributed by atoms with van der Waals surface area (Å²) in [5.74, 6) is -0.155. The molecular weight excluding hydrogens is 235 g/mol. The van der Waals surface area contributed by atoms with Crippen molar-refractivity contribution in [3.63, 3.8) is 0 Å². The fraction of sp³-hybridized carbons (Fsp3) is 0.111. The zero-order valence-corrected chi connectivity index (χ0v) is 10.5. The Labute approximate surface area is 111 Å². The second kappa shape index (κ2) is 3.92. The molecule has 19 heavy (non-hydrogen) atoms. The van der Waals surface area contributed by atoms with Gasteiger partial charge >= 0.3 is 0 Å². The van der Waals surface area contributed by atoms with Crippen LogP contribution in [0.3, 0.4) is 0 Å². The van der Waals surface area contributed by atoms with Gasteiger partial charge in [0.1, 0.15) is 5.82 Å². The molecule has 0 atom stereocenters. The zero-order valence-electron chi connectivity index (χ0n) is 10.5. The smallest absolute Gasteiger partial charge is 0.123 e. The fourth-order valence-corrected chi connectivity index (χ4v) is 3.18. The number of fused-ring (bicyclic) bond motifs is 3. The van der Waals surface area contributed by atoms with E-state index in [4.69, 9.17) is 0 Å². The number of benzene rings is 2. The Bertz CT molecular complexity index is 721. The van der Waals surface area contributed by atoms with E-state index in [2.05, 4.69) is 30.3 Å². The average molecular weight is 248 g/mol. The summed E-state index contributed by atoms with van der Waals surface area (Å²) in [6, 6.07) is 15.6. The molecule has 2 aromatic carbocycles. The zero-order chi connectivity index (χ0) is 12.8. The van der Waals surface area contributed by atoms with Crippen molar-refractivity contribution in [2.45, 2.75) is 12.8 Å². The van der Waals surface area contributed by atoms with Gasteiger partial charge in [0.05, 0.1) is 0 Å². The van der Waals surface area contributed by atoms with Crippen LogP contribution in [0.2, 0.25) is 0 Å². The highest BCUT2D eigenvalue weighted by Gasteiger charge is 2.27. The Morgan fingerprint density at radius 2 is 1.74 bits per heavy atom. The first kappa shape index (κ1) is 10.7. The molecule has 0 saturated heterocycles. The summed E-state index contributed by atoms with van der Waals surface area (Å²) < 4.78 is 13.3. The molecule has 0 radical (unpaired) electrons. The Morgan fingerprint density at radius 3 is 2.58 bits per heavy atom. The van der Waals surface area contributed by atoms with Gasteiger partial charge in [-0.1, -0.05) is 42.5 Å². The normalized spacial score (nSPS) is 16.4. The van der Waals surface area contributed by atoms with Crippen LogP contribution in [0.25, 0.3) is 17.2 Å². The first-order chi connectivity index (χ1) is 9.33. The fourth-order valence-electron chi connectivity index (χ4n) is 3.18. The van der Waals surface area contributed by atoms with Gasteiger partial charge < -0.3 is 0 Å². The molecule has 0 aromatic heterocycles. The predicted molar refractivity (Wildman–Crippen MR) is 76.9 cm³/mol.